The molecule has 0 fully saturated rings. The van der Waals surface area contributed by atoms with Crippen molar-refractivity contribution < 1.29 is 14.2 Å². The first kappa shape index (κ1) is 15.2. The number of hydrogen-bond donors (Lipinski definition) is 1. The van der Waals surface area contributed by atoms with E-state index in [1.54, 1.807) is 0 Å². The van der Waals surface area contributed by atoms with E-state index >= 15 is 0 Å². The molecular formula is C10H23NO3S. The van der Waals surface area contributed by atoms with Gasteiger partial charge >= 0.3 is 0 Å². The van der Waals surface area contributed by atoms with Gasteiger partial charge in [0.15, 0.2) is 0 Å². The summed E-state index contributed by atoms with van der Waals surface area (Å²) in [5.74, 6) is 0.758. The molecule has 15 heavy (non-hydrogen) atoms. The third-order valence-corrected chi connectivity index (χ3v) is 1.85. The molecule has 0 N–H and O–H groups in total. The lowest BCUT2D eigenvalue weighted by Crippen LogP contribution is -2.19. The maximum Gasteiger partial charge on any atom is 0.0701 e. The van der Waals surface area contributed by atoms with Crippen molar-refractivity contribution in [2.75, 3.05) is 66.0 Å². The number of likely N-dealkylation sites (N-methyl/N-ethyl adjacent to an activating group) is 1. The molecule has 0 aromatic carbocycles. The van der Waals surface area contributed by atoms with Crippen molar-refractivity contribution >= 4 is 12.6 Å². The van der Waals surface area contributed by atoms with E-state index in [4.69, 9.17) is 14.2 Å². The van der Waals surface area contributed by atoms with E-state index in [9.17, 15) is 0 Å². The van der Waals surface area contributed by atoms with Crippen LogP contribution in [0.2, 0.25) is 0 Å². The van der Waals surface area contributed by atoms with E-state index in [0.717, 1.165) is 18.9 Å². The molecule has 5 heteroatoms. The van der Waals surface area contributed by atoms with Gasteiger partial charge in [-0.2, -0.15) is 12.6 Å². The number of nitrogens with zero attached hydrogens (tertiary/aromatic N) is 1. The maximum atomic E-state index is 5.35. The number of hydrogen-bond acceptors (Lipinski definition) is 5. The van der Waals surface area contributed by atoms with Crippen LogP contribution in [-0.4, -0.2) is 70.9 Å². The Hall–Kier alpha value is 0.190. The minimum Gasteiger partial charge on any atom is -0.378 e. The van der Waals surface area contributed by atoms with Gasteiger partial charge in [0.25, 0.3) is 0 Å². The van der Waals surface area contributed by atoms with Crippen LogP contribution in [0.1, 0.15) is 0 Å². The van der Waals surface area contributed by atoms with E-state index in [0.29, 0.717) is 33.0 Å². The molecule has 0 saturated carbocycles. The number of thiol groups is 1. The standard InChI is InChI=1S/C10H23NO3S/c1-11(2)3-4-12-5-6-13-7-8-14-9-10-15/h15H,3-10H2,1-2H3. The summed E-state index contributed by atoms with van der Waals surface area (Å²) in [7, 11) is 4.05. The monoisotopic (exact) mass is 237 g/mol. The zero-order valence-corrected chi connectivity index (χ0v) is 10.7. The fourth-order valence-electron chi connectivity index (χ4n) is 0.854. The molecular weight excluding hydrogens is 214 g/mol. The van der Waals surface area contributed by atoms with Crippen molar-refractivity contribution in [1.29, 1.82) is 0 Å². The second-order valence-electron chi connectivity index (χ2n) is 3.36. The Morgan fingerprint density at radius 3 is 1.73 bits per heavy atom. The van der Waals surface area contributed by atoms with Crippen molar-refractivity contribution in [3.63, 3.8) is 0 Å². The van der Waals surface area contributed by atoms with E-state index in [1.165, 1.54) is 0 Å². The predicted molar refractivity (Wildman–Crippen MR) is 64.9 cm³/mol. The lowest BCUT2D eigenvalue weighted by atomic mass is 10.6. The summed E-state index contributed by atoms with van der Waals surface area (Å²) in [4.78, 5) is 2.09. The zero-order chi connectivity index (χ0) is 11.4. The molecule has 0 aromatic heterocycles. The summed E-state index contributed by atoms with van der Waals surface area (Å²) < 4.78 is 15.8. The lowest BCUT2D eigenvalue weighted by molar-refractivity contribution is 0.0151. The third-order valence-electron chi connectivity index (χ3n) is 1.66. The molecule has 0 bridgehead atoms. The molecule has 0 atom stereocenters. The molecule has 92 valence electrons. The van der Waals surface area contributed by atoms with Crippen LogP contribution in [0.3, 0.4) is 0 Å². The van der Waals surface area contributed by atoms with E-state index < -0.39 is 0 Å². The highest BCUT2D eigenvalue weighted by molar-refractivity contribution is 7.80. The molecule has 0 heterocycles. The first-order valence-corrected chi connectivity index (χ1v) is 5.89. The van der Waals surface area contributed by atoms with Crippen LogP contribution in [0.4, 0.5) is 0 Å². The molecule has 0 rings (SSSR count). The quantitative estimate of drug-likeness (QED) is 0.419. The Labute approximate surface area is 98.3 Å². The summed E-state index contributed by atoms with van der Waals surface area (Å²) >= 11 is 4.03. The largest absolute Gasteiger partial charge is 0.378 e. The summed E-state index contributed by atoms with van der Waals surface area (Å²) in [6.45, 7) is 4.95. The van der Waals surface area contributed by atoms with E-state index in [1.807, 2.05) is 14.1 Å². The molecule has 0 spiro atoms. The summed E-state index contributed by atoms with van der Waals surface area (Å²) in [6.07, 6.45) is 0. The zero-order valence-electron chi connectivity index (χ0n) is 9.78. The Balaban J connectivity index is 2.87. The van der Waals surface area contributed by atoms with Crippen molar-refractivity contribution in [1.82, 2.24) is 4.90 Å². The summed E-state index contributed by atoms with van der Waals surface area (Å²) in [5, 5.41) is 0. The SMILES string of the molecule is CN(C)CCOCCOCCOCCS. The van der Waals surface area contributed by atoms with Crippen LogP contribution < -0.4 is 0 Å². The van der Waals surface area contributed by atoms with Crippen molar-refractivity contribution in [2.45, 2.75) is 0 Å². The van der Waals surface area contributed by atoms with E-state index in [2.05, 4.69) is 17.5 Å². The molecule has 0 radical (unpaired) electrons. The Morgan fingerprint density at radius 2 is 1.27 bits per heavy atom. The average Bonchev–Trinajstić information content (AvgIpc) is 2.20. The first-order valence-electron chi connectivity index (χ1n) is 5.26. The van der Waals surface area contributed by atoms with Crippen LogP contribution in [0, 0.1) is 0 Å². The van der Waals surface area contributed by atoms with Crippen molar-refractivity contribution in [3.8, 4) is 0 Å². The van der Waals surface area contributed by atoms with Crippen LogP contribution in [-0.2, 0) is 14.2 Å². The Bertz CT molecular complexity index is 125. The molecule has 0 aliphatic carbocycles. The number of ether oxygens (including phenoxy) is 3. The van der Waals surface area contributed by atoms with Gasteiger partial charge in [-0.05, 0) is 14.1 Å². The molecule has 0 aromatic rings. The van der Waals surface area contributed by atoms with Gasteiger partial charge in [0.2, 0.25) is 0 Å². The van der Waals surface area contributed by atoms with Gasteiger partial charge in [0, 0.05) is 12.3 Å². The van der Waals surface area contributed by atoms with Crippen LogP contribution in [0.25, 0.3) is 0 Å². The minimum atomic E-state index is 0.630. The second kappa shape index (κ2) is 12.3. The lowest BCUT2D eigenvalue weighted by Gasteiger charge is -2.10. The van der Waals surface area contributed by atoms with Crippen molar-refractivity contribution in [3.05, 3.63) is 0 Å². The molecule has 0 unspecified atom stereocenters. The normalized spacial score (nSPS) is 11.2. The molecule has 0 saturated heterocycles. The number of rotatable bonds is 11. The maximum absolute atomic E-state index is 5.35. The van der Waals surface area contributed by atoms with Crippen LogP contribution >= 0.6 is 12.6 Å². The second-order valence-corrected chi connectivity index (χ2v) is 3.81. The van der Waals surface area contributed by atoms with Gasteiger partial charge in [-0.25, -0.2) is 0 Å². The minimum absolute atomic E-state index is 0.630. The smallest absolute Gasteiger partial charge is 0.0701 e. The first-order chi connectivity index (χ1) is 7.27. The van der Waals surface area contributed by atoms with Crippen molar-refractivity contribution in [2.24, 2.45) is 0 Å². The fourth-order valence-corrected chi connectivity index (χ4v) is 0.983. The van der Waals surface area contributed by atoms with Gasteiger partial charge in [-0.15, -0.1) is 0 Å². The van der Waals surface area contributed by atoms with Gasteiger partial charge < -0.3 is 19.1 Å². The highest BCUT2D eigenvalue weighted by Crippen LogP contribution is 1.83. The fraction of sp³-hybridized carbons (Fsp3) is 1.00. The van der Waals surface area contributed by atoms with Gasteiger partial charge in [0.05, 0.1) is 39.6 Å². The van der Waals surface area contributed by atoms with Crippen LogP contribution in [0.5, 0.6) is 0 Å². The molecule has 4 nitrogen and oxygen atoms in total. The summed E-state index contributed by atoms with van der Waals surface area (Å²) in [6, 6.07) is 0. The average molecular weight is 237 g/mol. The Morgan fingerprint density at radius 1 is 0.800 bits per heavy atom. The molecule has 0 amide bonds. The third kappa shape index (κ3) is 14.2. The van der Waals surface area contributed by atoms with Gasteiger partial charge in [-0.3, -0.25) is 0 Å². The Kier molecular flexibility index (Phi) is 12.4. The van der Waals surface area contributed by atoms with Gasteiger partial charge in [0.1, 0.15) is 0 Å². The predicted octanol–water partition coefficient (Wildman–Crippen LogP) is 0.528. The molecule has 0 aliphatic rings. The van der Waals surface area contributed by atoms with Gasteiger partial charge in [-0.1, -0.05) is 0 Å². The summed E-state index contributed by atoms with van der Waals surface area (Å²) in [5.41, 5.74) is 0. The van der Waals surface area contributed by atoms with Crippen LogP contribution in [0.15, 0.2) is 0 Å². The highest BCUT2D eigenvalue weighted by atomic mass is 32.1. The topological polar surface area (TPSA) is 30.9 Å². The van der Waals surface area contributed by atoms with E-state index in [-0.39, 0.29) is 0 Å². The molecule has 0 aliphatic heterocycles. The highest BCUT2D eigenvalue weighted by Gasteiger charge is 1.92.